The summed E-state index contributed by atoms with van der Waals surface area (Å²) in [6, 6.07) is 0.330. The fourth-order valence-electron chi connectivity index (χ4n) is 2.52. The maximum absolute atomic E-state index is 12.3. The first-order valence-corrected chi connectivity index (χ1v) is 6.11. The molecule has 0 aromatic carbocycles. The molecule has 0 bridgehead atoms. The zero-order valence-corrected chi connectivity index (χ0v) is 10.4. The second-order valence-electron chi connectivity index (χ2n) is 5.65. The Morgan fingerprint density at radius 2 is 2.06 bits per heavy atom. The summed E-state index contributed by atoms with van der Waals surface area (Å²) >= 11 is 0. The quantitative estimate of drug-likeness (QED) is 0.760. The highest BCUT2D eigenvalue weighted by atomic mass is 16.3. The van der Waals surface area contributed by atoms with Gasteiger partial charge in [-0.1, -0.05) is 0 Å². The van der Waals surface area contributed by atoms with E-state index in [2.05, 4.69) is 18.7 Å². The topological polar surface area (TPSA) is 43.8 Å². The van der Waals surface area contributed by atoms with Crippen molar-refractivity contribution in [3.63, 3.8) is 0 Å². The fraction of sp³-hybridized carbons (Fsp3) is 0.917. The van der Waals surface area contributed by atoms with E-state index in [-0.39, 0.29) is 24.1 Å². The first-order valence-electron chi connectivity index (χ1n) is 6.11. The van der Waals surface area contributed by atoms with Crippen LogP contribution < -0.4 is 0 Å². The van der Waals surface area contributed by atoms with Crippen LogP contribution in [0.25, 0.3) is 0 Å². The van der Waals surface area contributed by atoms with Gasteiger partial charge in [-0.05, 0) is 40.2 Å². The van der Waals surface area contributed by atoms with Crippen molar-refractivity contribution in [3.05, 3.63) is 0 Å². The maximum Gasteiger partial charge on any atom is 0.240 e. The van der Waals surface area contributed by atoms with Crippen LogP contribution in [0.15, 0.2) is 0 Å². The molecule has 0 radical (unpaired) electrons. The fourth-order valence-corrected chi connectivity index (χ4v) is 2.52. The molecular weight excluding hydrogens is 204 g/mol. The summed E-state index contributed by atoms with van der Waals surface area (Å²) in [5.74, 6) is 0.207. The summed E-state index contributed by atoms with van der Waals surface area (Å²) in [6.07, 6.45) is 2.84. The number of nitrogens with zero attached hydrogens (tertiary/aromatic N) is 2. The van der Waals surface area contributed by atoms with Gasteiger partial charge in [0.15, 0.2) is 0 Å². The number of aliphatic hydroxyl groups excluding tert-OH is 1. The van der Waals surface area contributed by atoms with Crippen LogP contribution in [0.1, 0.15) is 33.1 Å². The van der Waals surface area contributed by atoms with Gasteiger partial charge in [0.1, 0.15) is 0 Å². The third-order valence-corrected chi connectivity index (χ3v) is 3.94. The van der Waals surface area contributed by atoms with E-state index in [1.807, 2.05) is 11.9 Å². The molecule has 92 valence electrons. The highest BCUT2D eigenvalue weighted by Gasteiger charge is 2.46. The number of carbonyl (C=O) groups excluding carboxylic acids is 1. The van der Waals surface area contributed by atoms with Crippen LogP contribution in [-0.2, 0) is 4.79 Å². The normalized spacial score (nSPS) is 30.9. The predicted octanol–water partition coefficient (Wildman–Crippen LogP) is 0.452. The number of aliphatic hydroxyl groups is 1. The van der Waals surface area contributed by atoms with Crippen LogP contribution in [0.5, 0.6) is 0 Å². The van der Waals surface area contributed by atoms with E-state index in [4.69, 9.17) is 5.11 Å². The average molecular weight is 226 g/mol. The first kappa shape index (κ1) is 11.9. The molecule has 4 heteroatoms. The monoisotopic (exact) mass is 226 g/mol. The number of piperazine rings is 1. The SMILES string of the molecule is CN1C(CCO)C(=O)N(C2CC2)CC1(C)C. The van der Waals surface area contributed by atoms with Crippen LogP contribution in [0.3, 0.4) is 0 Å². The minimum atomic E-state index is -0.144. The lowest BCUT2D eigenvalue weighted by atomic mass is 9.93. The summed E-state index contributed by atoms with van der Waals surface area (Å²) in [5, 5.41) is 9.07. The van der Waals surface area contributed by atoms with Crippen molar-refractivity contribution >= 4 is 5.91 Å². The Morgan fingerprint density at radius 1 is 1.44 bits per heavy atom. The lowest BCUT2D eigenvalue weighted by Crippen LogP contribution is -2.65. The van der Waals surface area contributed by atoms with Crippen molar-refractivity contribution < 1.29 is 9.90 Å². The molecule has 1 aliphatic heterocycles. The van der Waals surface area contributed by atoms with Gasteiger partial charge < -0.3 is 10.0 Å². The van der Waals surface area contributed by atoms with Gasteiger partial charge in [0.2, 0.25) is 5.91 Å². The van der Waals surface area contributed by atoms with Gasteiger partial charge in [-0.25, -0.2) is 0 Å². The summed E-state index contributed by atoms with van der Waals surface area (Å²) < 4.78 is 0. The highest BCUT2D eigenvalue weighted by Crippen LogP contribution is 2.34. The molecule has 1 aliphatic carbocycles. The molecule has 1 heterocycles. The van der Waals surface area contributed by atoms with Gasteiger partial charge in [0, 0.05) is 24.7 Å². The average Bonchev–Trinajstić information content (AvgIpc) is 3.02. The third kappa shape index (κ3) is 1.96. The van der Waals surface area contributed by atoms with Gasteiger partial charge in [-0.15, -0.1) is 0 Å². The molecular formula is C12H22N2O2. The lowest BCUT2D eigenvalue weighted by molar-refractivity contribution is -0.150. The number of hydrogen-bond donors (Lipinski definition) is 1. The van der Waals surface area contributed by atoms with Gasteiger partial charge in [-0.2, -0.15) is 0 Å². The molecule has 1 amide bonds. The van der Waals surface area contributed by atoms with E-state index in [1.54, 1.807) is 0 Å². The Kier molecular flexibility index (Phi) is 2.97. The van der Waals surface area contributed by atoms with Crippen LogP contribution in [0.4, 0.5) is 0 Å². The van der Waals surface area contributed by atoms with Crippen molar-refractivity contribution in [2.45, 2.75) is 50.7 Å². The first-order chi connectivity index (χ1) is 7.47. The zero-order chi connectivity index (χ0) is 11.9. The van der Waals surface area contributed by atoms with Gasteiger partial charge in [-0.3, -0.25) is 9.69 Å². The van der Waals surface area contributed by atoms with E-state index < -0.39 is 0 Å². The van der Waals surface area contributed by atoms with E-state index in [1.165, 1.54) is 0 Å². The van der Waals surface area contributed by atoms with Gasteiger partial charge >= 0.3 is 0 Å². The molecule has 2 aliphatic rings. The van der Waals surface area contributed by atoms with Crippen LogP contribution >= 0.6 is 0 Å². The Morgan fingerprint density at radius 3 is 2.56 bits per heavy atom. The Balaban J connectivity index is 2.17. The second-order valence-corrected chi connectivity index (χ2v) is 5.65. The number of rotatable bonds is 3. The smallest absolute Gasteiger partial charge is 0.240 e. The molecule has 16 heavy (non-hydrogen) atoms. The molecule has 0 aromatic heterocycles. The molecule has 1 saturated carbocycles. The van der Waals surface area contributed by atoms with Crippen molar-refractivity contribution in [1.29, 1.82) is 0 Å². The highest BCUT2D eigenvalue weighted by molar-refractivity contribution is 5.83. The molecule has 0 spiro atoms. The van der Waals surface area contributed by atoms with Crippen molar-refractivity contribution in [2.24, 2.45) is 0 Å². The summed E-state index contributed by atoms with van der Waals surface area (Å²) in [5.41, 5.74) is 0.0103. The predicted molar refractivity (Wildman–Crippen MR) is 62.1 cm³/mol. The summed E-state index contributed by atoms with van der Waals surface area (Å²) in [4.78, 5) is 16.4. The summed E-state index contributed by atoms with van der Waals surface area (Å²) in [6.45, 7) is 5.22. The molecule has 0 aromatic rings. The summed E-state index contributed by atoms with van der Waals surface area (Å²) in [7, 11) is 1.99. The third-order valence-electron chi connectivity index (χ3n) is 3.94. The van der Waals surface area contributed by atoms with Crippen LogP contribution in [0.2, 0.25) is 0 Å². The second kappa shape index (κ2) is 4.00. The van der Waals surface area contributed by atoms with Crippen molar-refractivity contribution in [2.75, 3.05) is 20.2 Å². The van der Waals surface area contributed by atoms with Gasteiger partial charge in [0.25, 0.3) is 0 Å². The molecule has 2 rings (SSSR count). The maximum atomic E-state index is 12.3. The molecule has 1 unspecified atom stereocenters. The minimum Gasteiger partial charge on any atom is -0.396 e. The number of carbonyl (C=O) groups is 1. The van der Waals surface area contributed by atoms with Crippen LogP contribution in [0, 0.1) is 0 Å². The minimum absolute atomic E-state index is 0.0103. The largest absolute Gasteiger partial charge is 0.396 e. The van der Waals surface area contributed by atoms with Gasteiger partial charge in [0.05, 0.1) is 6.04 Å². The van der Waals surface area contributed by atoms with E-state index in [9.17, 15) is 4.79 Å². The van der Waals surface area contributed by atoms with E-state index in [0.29, 0.717) is 12.5 Å². The molecule has 1 atom stereocenters. The van der Waals surface area contributed by atoms with E-state index >= 15 is 0 Å². The molecule has 1 saturated heterocycles. The number of likely N-dealkylation sites (N-methyl/N-ethyl adjacent to an activating group) is 1. The standard InChI is InChI=1S/C12H22N2O2/c1-12(2)8-14(9-4-5-9)11(16)10(6-7-15)13(12)3/h9-10,15H,4-8H2,1-3H3. The molecule has 4 nitrogen and oxygen atoms in total. The Labute approximate surface area is 97.2 Å². The van der Waals surface area contributed by atoms with Crippen molar-refractivity contribution in [1.82, 2.24) is 9.80 Å². The van der Waals surface area contributed by atoms with E-state index in [0.717, 1.165) is 19.4 Å². The van der Waals surface area contributed by atoms with Crippen molar-refractivity contribution in [3.8, 4) is 0 Å². The number of hydrogen-bond acceptors (Lipinski definition) is 3. The zero-order valence-electron chi connectivity index (χ0n) is 10.4. The lowest BCUT2D eigenvalue weighted by Gasteiger charge is -2.49. The molecule has 2 fully saturated rings. The number of amides is 1. The Bertz CT molecular complexity index is 287. The van der Waals surface area contributed by atoms with Crippen LogP contribution in [-0.4, -0.2) is 58.6 Å². The Hall–Kier alpha value is -0.610. The molecule has 1 N–H and O–H groups in total.